The van der Waals surface area contributed by atoms with Crippen LogP contribution in [0.15, 0.2) is 0 Å². The summed E-state index contributed by atoms with van der Waals surface area (Å²) in [7, 11) is -1.65. The second-order valence-corrected chi connectivity index (χ2v) is 8.58. The van der Waals surface area contributed by atoms with Crippen LogP contribution >= 0.6 is 0 Å². The molecule has 2 unspecified atom stereocenters. The van der Waals surface area contributed by atoms with E-state index in [-0.39, 0.29) is 6.04 Å². The summed E-state index contributed by atoms with van der Waals surface area (Å²) < 4.78 is 34.0. The number of hydrogen-bond acceptors (Lipinski definition) is 4. The van der Waals surface area contributed by atoms with Gasteiger partial charge in [0.25, 0.3) is 10.2 Å². The Morgan fingerprint density at radius 2 is 2.10 bits per heavy atom. The van der Waals surface area contributed by atoms with Gasteiger partial charge in [-0.15, -0.1) is 0 Å². The maximum absolute atomic E-state index is 12.7. The van der Waals surface area contributed by atoms with E-state index in [9.17, 15) is 8.42 Å². The molecule has 21 heavy (non-hydrogen) atoms. The van der Waals surface area contributed by atoms with E-state index >= 15 is 0 Å². The fourth-order valence-electron chi connectivity index (χ4n) is 3.20. The van der Waals surface area contributed by atoms with Gasteiger partial charge in [-0.3, -0.25) is 0 Å². The predicted molar refractivity (Wildman–Crippen MR) is 81.2 cm³/mol. The monoisotopic (exact) mass is 317 g/mol. The van der Waals surface area contributed by atoms with Gasteiger partial charge in [0.05, 0.1) is 12.6 Å². The molecule has 2 aliphatic heterocycles. The average molecular weight is 317 g/mol. The van der Waals surface area contributed by atoms with E-state index in [0.717, 1.165) is 25.8 Å². The predicted octanol–water partition coefficient (Wildman–Crippen LogP) is 0.416. The summed E-state index contributed by atoms with van der Waals surface area (Å²) in [5, 5.41) is 3.53. The van der Waals surface area contributed by atoms with Crippen LogP contribution in [0.3, 0.4) is 0 Å². The lowest BCUT2D eigenvalue weighted by molar-refractivity contribution is 0.176. The van der Waals surface area contributed by atoms with Crippen LogP contribution in [0.4, 0.5) is 0 Å². The van der Waals surface area contributed by atoms with Crippen LogP contribution in [0.25, 0.3) is 0 Å². The van der Waals surface area contributed by atoms with E-state index in [1.54, 1.807) is 11.4 Å². The second kappa shape index (κ2) is 6.50. The van der Waals surface area contributed by atoms with Crippen LogP contribution in [0.2, 0.25) is 0 Å². The molecular weight excluding hydrogens is 290 g/mol. The minimum absolute atomic E-state index is 0.0000319. The maximum atomic E-state index is 12.7. The number of piperidine rings is 1. The number of rotatable bonds is 6. The molecule has 3 aliphatic rings. The molecule has 0 radical (unpaired) electrons. The molecule has 0 amide bonds. The van der Waals surface area contributed by atoms with Crippen molar-refractivity contribution in [1.29, 1.82) is 0 Å². The molecule has 1 aliphatic carbocycles. The van der Waals surface area contributed by atoms with Crippen molar-refractivity contribution >= 4 is 10.2 Å². The molecule has 0 spiro atoms. The molecule has 3 rings (SSSR count). The summed E-state index contributed by atoms with van der Waals surface area (Å²) >= 11 is 0. The molecule has 6 nitrogen and oxygen atoms in total. The summed E-state index contributed by atoms with van der Waals surface area (Å²) in [5.41, 5.74) is 0. The highest BCUT2D eigenvalue weighted by Crippen LogP contribution is 2.24. The smallest absolute Gasteiger partial charge is 0.282 e. The molecule has 0 bridgehead atoms. The highest BCUT2D eigenvalue weighted by molar-refractivity contribution is 7.86. The Labute approximate surface area is 128 Å². The van der Waals surface area contributed by atoms with Gasteiger partial charge in [-0.25, -0.2) is 0 Å². The zero-order chi connectivity index (χ0) is 14.9. The van der Waals surface area contributed by atoms with Gasteiger partial charge < -0.3 is 10.1 Å². The molecule has 1 saturated carbocycles. The molecule has 0 aromatic heterocycles. The SMILES string of the molecule is CN(C1CCOC1)S(=O)(=O)N1CCCC(CNC2CC2)C1. The highest BCUT2D eigenvalue weighted by Gasteiger charge is 2.36. The fourth-order valence-corrected chi connectivity index (χ4v) is 4.87. The lowest BCUT2D eigenvalue weighted by Gasteiger charge is -2.36. The molecular formula is C14H27N3O3S. The Balaban J connectivity index is 1.57. The Kier molecular flexibility index (Phi) is 4.85. The van der Waals surface area contributed by atoms with E-state index in [0.29, 0.717) is 38.3 Å². The minimum atomic E-state index is -3.34. The summed E-state index contributed by atoms with van der Waals surface area (Å²) in [6.07, 6.45) is 5.45. The van der Waals surface area contributed by atoms with Gasteiger partial charge in [0.2, 0.25) is 0 Å². The Bertz CT molecular complexity index is 446. The van der Waals surface area contributed by atoms with Crippen LogP contribution in [-0.2, 0) is 14.9 Å². The van der Waals surface area contributed by atoms with Gasteiger partial charge in [0.15, 0.2) is 0 Å². The largest absolute Gasteiger partial charge is 0.380 e. The van der Waals surface area contributed by atoms with Crippen molar-refractivity contribution in [2.75, 3.05) is 39.9 Å². The molecule has 7 heteroatoms. The average Bonchev–Trinajstić information content (AvgIpc) is 3.16. The van der Waals surface area contributed by atoms with Crippen LogP contribution in [0.5, 0.6) is 0 Å². The molecule has 2 atom stereocenters. The van der Waals surface area contributed by atoms with Gasteiger partial charge in [-0.2, -0.15) is 17.0 Å². The van der Waals surface area contributed by atoms with Gasteiger partial charge in [-0.1, -0.05) is 0 Å². The Morgan fingerprint density at radius 1 is 1.29 bits per heavy atom. The van der Waals surface area contributed by atoms with Crippen LogP contribution < -0.4 is 5.32 Å². The molecule has 2 heterocycles. The normalized spacial score (nSPS) is 31.9. The number of ether oxygens (including phenoxy) is 1. The Morgan fingerprint density at radius 3 is 2.76 bits per heavy atom. The molecule has 0 aromatic rings. The minimum Gasteiger partial charge on any atom is -0.380 e. The quantitative estimate of drug-likeness (QED) is 0.771. The molecule has 122 valence electrons. The first-order valence-electron chi connectivity index (χ1n) is 8.11. The van der Waals surface area contributed by atoms with E-state index in [2.05, 4.69) is 5.32 Å². The number of nitrogens with zero attached hydrogens (tertiary/aromatic N) is 2. The summed E-state index contributed by atoms with van der Waals surface area (Å²) in [5.74, 6) is 0.447. The number of hydrogen-bond donors (Lipinski definition) is 1. The highest BCUT2D eigenvalue weighted by atomic mass is 32.2. The lowest BCUT2D eigenvalue weighted by Crippen LogP contribution is -2.51. The first kappa shape index (κ1) is 15.7. The van der Waals surface area contributed by atoms with Gasteiger partial charge in [0.1, 0.15) is 0 Å². The molecule has 2 saturated heterocycles. The number of likely N-dealkylation sites (N-methyl/N-ethyl adjacent to an activating group) is 1. The third kappa shape index (κ3) is 3.76. The van der Waals surface area contributed by atoms with E-state index in [1.807, 2.05) is 0 Å². The van der Waals surface area contributed by atoms with Crippen LogP contribution in [0.1, 0.15) is 32.1 Å². The summed E-state index contributed by atoms with van der Waals surface area (Å²) in [6.45, 7) is 3.45. The maximum Gasteiger partial charge on any atom is 0.282 e. The first-order chi connectivity index (χ1) is 10.1. The lowest BCUT2D eigenvalue weighted by atomic mass is 10.00. The standard InChI is InChI=1S/C14H27N3O3S/c1-16(14-6-8-20-11-14)21(18,19)17-7-2-3-12(10-17)9-15-13-4-5-13/h12-15H,2-11H2,1H3. The van der Waals surface area contributed by atoms with Crippen molar-refractivity contribution in [3.8, 4) is 0 Å². The Hall–Kier alpha value is -0.210. The summed E-state index contributed by atoms with van der Waals surface area (Å²) in [4.78, 5) is 0. The zero-order valence-electron chi connectivity index (χ0n) is 12.8. The van der Waals surface area contributed by atoms with Crippen LogP contribution in [-0.4, -0.2) is 69.0 Å². The van der Waals surface area contributed by atoms with E-state index < -0.39 is 10.2 Å². The topological polar surface area (TPSA) is 61.9 Å². The van der Waals surface area contributed by atoms with Gasteiger partial charge >= 0.3 is 0 Å². The second-order valence-electron chi connectivity index (χ2n) is 6.59. The third-order valence-electron chi connectivity index (χ3n) is 4.86. The van der Waals surface area contributed by atoms with Crippen molar-refractivity contribution in [3.05, 3.63) is 0 Å². The summed E-state index contributed by atoms with van der Waals surface area (Å²) in [6, 6.07) is 0.690. The van der Waals surface area contributed by atoms with Crippen molar-refractivity contribution < 1.29 is 13.2 Å². The van der Waals surface area contributed by atoms with E-state index in [1.165, 1.54) is 17.1 Å². The van der Waals surface area contributed by atoms with Gasteiger partial charge in [-0.05, 0) is 44.6 Å². The van der Waals surface area contributed by atoms with Crippen molar-refractivity contribution in [1.82, 2.24) is 13.9 Å². The molecule has 1 N–H and O–H groups in total. The van der Waals surface area contributed by atoms with E-state index in [4.69, 9.17) is 4.74 Å². The van der Waals surface area contributed by atoms with Crippen LogP contribution in [0, 0.1) is 5.92 Å². The number of nitrogens with one attached hydrogen (secondary N) is 1. The van der Waals surface area contributed by atoms with Crippen molar-refractivity contribution in [2.45, 2.75) is 44.2 Å². The van der Waals surface area contributed by atoms with Crippen molar-refractivity contribution in [3.63, 3.8) is 0 Å². The molecule has 3 fully saturated rings. The fraction of sp³-hybridized carbons (Fsp3) is 1.00. The van der Waals surface area contributed by atoms with Gasteiger partial charge in [0, 0.05) is 32.8 Å². The zero-order valence-corrected chi connectivity index (χ0v) is 13.6. The molecule has 0 aromatic carbocycles. The van der Waals surface area contributed by atoms with Crippen molar-refractivity contribution in [2.24, 2.45) is 5.92 Å². The first-order valence-corrected chi connectivity index (χ1v) is 9.51. The third-order valence-corrected chi connectivity index (χ3v) is 6.87.